The molecule has 0 amide bonds. The molecule has 0 saturated heterocycles. The van der Waals surface area contributed by atoms with Crippen molar-refractivity contribution >= 4 is 5.97 Å². The Hall–Kier alpha value is -1.81. The zero-order valence-corrected chi connectivity index (χ0v) is 16.6. The molecule has 0 atom stereocenters. The van der Waals surface area contributed by atoms with Gasteiger partial charge in [-0.2, -0.15) is 0 Å². The van der Waals surface area contributed by atoms with E-state index in [1.165, 1.54) is 56.9 Å². The van der Waals surface area contributed by atoms with Gasteiger partial charge in [0.05, 0.1) is 12.2 Å². The van der Waals surface area contributed by atoms with Gasteiger partial charge in [-0.3, -0.25) is 0 Å². The van der Waals surface area contributed by atoms with Crippen LogP contribution in [-0.4, -0.2) is 30.9 Å². The first kappa shape index (κ1) is 21.5. The number of hydrogen-bond acceptors (Lipinski definition) is 4. The molecule has 1 aromatic carbocycles. The summed E-state index contributed by atoms with van der Waals surface area (Å²) in [5.41, 5.74) is 1.46. The van der Waals surface area contributed by atoms with Crippen LogP contribution in [0, 0.1) is 5.92 Å². The summed E-state index contributed by atoms with van der Waals surface area (Å²) >= 11 is 0. The van der Waals surface area contributed by atoms with E-state index in [2.05, 4.69) is 25.6 Å². The van der Waals surface area contributed by atoms with Gasteiger partial charge in [-0.25, -0.2) is 4.79 Å². The molecule has 0 unspecified atom stereocenters. The number of aliphatic hydroxyl groups excluding tert-OH is 1. The SMILES string of the molecule is C=C(CO)C(=O)OCCOc1ccc(C2CCC(CCCCC)CC2)cc1. The van der Waals surface area contributed by atoms with E-state index in [4.69, 9.17) is 14.6 Å². The molecule has 1 aliphatic rings. The van der Waals surface area contributed by atoms with Crippen LogP contribution >= 0.6 is 0 Å². The fourth-order valence-electron chi connectivity index (χ4n) is 3.76. The molecule has 0 radical (unpaired) electrons. The lowest BCUT2D eigenvalue weighted by atomic mass is 9.77. The third-order valence-corrected chi connectivity index (χ3v) is 5.48. The molecule has 150 valence electrons. The van der Waals surface area contributed by atoms with Crippen LogP contribution in [-0.2, 0) is 9.53 Å². The van der Waals surface area contributed by atoms with Crippen molar-refractivity contribution in [2.45, 2.75) is 64.2 Å². The second kappa shape index (κ2) is 11.8. The number of carbonyl (C=O) groups excluding carboxylic acids is 1. The first-order valence-corrected chi connectivity index (χ1v) is 10.3. The molecule has 0 aliphatic heterocycles. The van der Waals surface area contributed by atoms with Gasteiger partial charge >= 0.3 is 5.97 Å². The summed E-state index contributed by atoms with van der Waals surface area (Å²) in [7, 11) is 0. The van der Waals surface area contributed by atoms with Gasteiger partial charge in [0.2, 0.25) is 0 Å². The summed E-state index contributed by atoms with van der Waals surface area (Å²) in [4.78, 5) is 11.4. The Morgan fingerprint density at radius 3 is 2.44 bits per heavy atom. The van der Waals surface area contributed by atoms with Crippen molar-refractivity contribution in [3.63, 3.8) is 0 Å². The molecule has 1 N–H and O–H groups in total. The fraction of sp³-hybridized carbons (Fsp3) is 0.609. The molecule has 0 spiro atoms. The Morgan fingerprint density at radius 1 is 1.11 bits per heavy atom. The zero-order chi connectivity index (χ0) is 19.5. The minimum absolute atomic E-state index is 0.0550. The van der Waals surface area contributed by atoms with E-state index in [1.54, 1.807) is 0 Å². The van der Waals surface area contributed by atoms with Gasteiger partial charge in [-0.05, 0) is 55.2 Å². The summed E-state index contributed by atoms with van der Waals surface area (Å²) in [6.45, 7) is 5.73. The second-order valence-corrected chi connectivity index (χ2v) is 7.53. The van der Waals surface area contributed by atoms with Gasteiger partial charge in [0, 0.05) is 0 Å². The van der Waals surface area contributed by atoms with Gasteiger partial charge in [0.25, 0.3) is 0 Å². The number of rotatable bonds is 11. The van der Waals surface area contributed by atoms with E-state index in [1.807, 2.05) is 12.1 Å². The molecule has 0 aromatic heterocycles. The summed E-state index contributed by atoms with van der Waals surface area (Å²) in [5, 5.41) is 8.80. The molecule has 2 rings (SSSR count). The molecule has 1 fully saturated rings. The Labute approximate surface area is 163 Å². The maximum absolute atomic E-state index is 11.4. The highest BCUT2D eigenvalue weighted by molar-refractivity contribution is 5.87. The first-order valence-electron chi connectivity index (χ1n) is 10.3. The molecular formula is C23H34O4. The van der Waals surface area contributed by atoms with E-state index in [9.17, 15) is 4.79 Å². The monoisotopic (exact) mass is 374 g/mol. The van der Waals surface area contributed by atoms with Gasteiger partial charge in [-0.1, -0.05) is 51.3 Å². The molecule has 0 heterocycles. The van der Waals surface area contributed by atoms with Gasteiger partial charge in [0.1, 0.15) is 19.0 Å². The van der Waals surface area contributed by atoms with E-state index in [-0.39, 0.29) is 25.4 Å². The predicted molar refractivity (Wildman–Crippen MR) is 108 cm³/mol. The Morgan fingerprint density at radius 2 is 1.81 bits per heavy atom. The summed E-state index contributed by atoms with van der Waals surface area (Å²) in [6.07, 6.45) is 10.8. The van der Waals surface area contributed by atoms with Crippen LogP contribution in [0.3, 0.4) is 0 Å². The number of hydrogen-bond donors (Lipinski definition) is 1. The maximum atomic E-state index is 11.4. The molecule has 4 heteroatoms. The molecule has 1 aliphatic carbocycles. The van der Waals surface area contributed by atoms with Crippen LogP contribution in [0.4, 0.5) is 0 Å². The fourth-order valence-corrected chi connectivity index (χ4v) is 3.76. The lowest BCUT2D eigenvalue weighted by Gasteiger charge is -2.29. The standard InChI is InChI=1S/C23H34O4/c1-3-4-5-6-19-7-9-20(10-8-19)21-11-13-22(14-12-21)26-15-16-27-23(25)18(2)17-24/h11-14,19-20,24H,2-10,15-17H2,1H3. The topological polar surface area (TPSA) is 55.8 Å². The Balaban J connectivity index is 1.68. The van der Waals surface area contributed by atoms with Crippen LogP contribution in [0.2, 0.25) is 0 Å². The minimum atomic E-state index is -0.582. The smallest absolute Gasteiger partial charge is 0.335 e. The number of carbonyl (C=O) groups is 1. The second-order valence-electron chi connectivity index (χ2n) is 7.53. The van der Waals surface area contributed by atoms with Gasteiger partial charge < -0.3 is 14.6 Å². The van der Waals surface area contributed by atoms with Crippen LogP contribution in [0.15, 0.2) is 36.4 Å². The van der Waals surface area contributed by atoms with Gasteiger partial charge in [0.15, 0.2) is 0 Å². The highest BCUT2D eigenvalue weighted by Gasteiger charge is 2.22. The number of esters is 1. The van der Waals surface area contributed by atoms with Crippen LogP contribution < -0.4 is 4.74 Å². The molecule has 1 saturated carbocycles. The van der Waals surface area contributed by atoms with Crippen molar-refractivity contribution < 1.29 is 19.4 Å². The van der Waals surface area contributed by atoms with Crippen LogP contribution in [0.1, 0.15) is 69.8 Å². The summed E-state index contributed by atoms with van der Waals surface area (Å²) in [6, 6.07) is 8.32. The lowest BCUT2D eigenvalue weighted by molar-refractivity contribution is -0.140. The maximum Gasteiger partial charge on any atom is 0.335 e. The van der Waals surface area contributed by atoms with Crippen molar-refractivity contribution in [3.05, 3.63) is 42.0 Å². The number of aliphatic hydroxyl groups is 1. The summed E-state index contributed by atoms with van der Waals surface area (Å²) in [5.74, 6) is 1.80. The zero-order valence-electron chi connectivity index (χ0n) is 16.6. The van der Waals surface area contributed by atoms with Gasteiger partial charge in [-0.15, -0.1) is 0 Å². The van der Waals surface area contributed by atoms with Crippen molar-refractivity contribution in [2.75, 3.05) is 19.8 Å². The average Bonchev–Trinajstić information content (AvgIpc) is 2.71. The number of ether oxygens (including phenoxy) is 2. The predicted octanol–water partition coefficient (Wildman–Crippen LogP) is 5.01. The van der Waals surface area contributed by atoms with E-state index < -0.39 is 5.97 Å². The molecule has 4 nitrogen and oxygen atoms in total. The van der Waals surface area contributed by atoms with Crippen molar-refractivity contribution in [2.24, 2.45) is 5.92 Å². The quantitative estimate of drug-likeness (QED) is 0.336. The van der Waals surface area contributed by atoms with E-state index in [0.717, 1.165) is 11.7 Å². The lowest BCUT2D eigenvalue weighted by Crippen LogP contribution is -2.15. The highest BCUT2D eigenvalue weighted by Crippen LogP contribution is 2.38. The van der Waals surface area contributed by atoms with Crippen molar-refractivity contribution in [1.29, 1.82) is 0 Å². The average molecular weight is 375 g/mol. The van der Waals surface area contributed by atoms with Crippen LogP contribution in [0.5, 0.6) is 5.75 Å². The Kier molecular flexibility index (Phi) is 9.40. The molecule has 0 bridgehead atoms. The van der Waals surface area contributed by atoms with Crippen molar-refractivity contribution in [1.82, 2.24) is 0 Å². The van der Waals surface area contributed by atoms with E-state index >= 15 is 0 Å². The minimum Gasteiger partial charge on any atom is -0.490 e. The summed E-state index contributed by atoms with van der Waals surface area (Å²) < 4.78 is 10.6. The Bertz CT molecular complexity index is 571. The molecule has 27 heavy (non-hydrogen) atoms. The van der Waals surface area contributed by atoms with E-state index in [0.29, 0.717) is 5.92 Å². The third kappa shape index (κ3) is 7.37. The normalized spacial score (nSPS) is 19.5. The highest BCUT2D eigenvalue weighted by atomic mass is 16.6. The molecule has 1 aromatic rings. The largest absolute Gasteiger partial charge is 0.490 e. The third-order valence-electron chi connectivity index (χ3n) is 5.48. The molecular weight excluding hydrogens is 340 g/mol. The van der Waals surface area contributed by atoms with Crippen molar-refractivity contribution in [3.8, 4) is 5.75 Å². The number of benzene rings is 1. The number of unbranched alkanes of at least 4 members (excludes halogenated alkanes) is 2. The first-order chi connectivity index (χ1) is 13.1. The van der Waals surface area contributed by atoms with Crippen LogP contribution in [0.25, 0.3) is 0 Å².